The molecule has 2 aliphatic rings. The van der Waals surface area contributed by atoms with Crippen LogP contribution in [0.2, 0.25) is 0 Å². The first-order valence-electron chi connectivity index (χ1n) is 20.0. The molecule has 2 nitrogen and oxygen atoms in total. The van der Waals surface area contributed by atoms with Gasteiger partial charge in [0.15, 0.2) is 0 Å². The molecule has 0 unspecified atom stereocenters. The van der Waals surface area contributed by atoms with Crippen molar-refractivity contribution in [2.75, 3.05) is 0 Å². The van der Waals surface area contributed by atoms with E-state index in [4.69, 9.17) is 0 Å². The van der Waals surface area contributed by atoms with E-state index in [0.717, 1.165) is 59.1 Å². The first-order chi connectivity index (χ1) is 26.8. The molecule has 0 amide bonds. The molecule has 278 valence electrons. The number of hydrogen-bond acceptors (Lipinski definition) is 2. The molecule has 2 heteroatoms. The van der Waals surface area contributed by atoms with Crippen molar-refractivity contribution in [2.45, 2.75) is 78.1 Å². The van der Waals surface area contributed by atoms with E-state index in [0.29, 0.717) is 0 Å². The van der Waals surface area contributed by atoms with Crippen molar-refractivity contribution >= 4 is 0 Å². The first-order valence-corrected chi connectivity index (χ1v) is 20.0. The molecule has 0 aliphatic heterocycles. The molecule has 56 heavy (non-hydrogen) atoms. The Kier molecular flexibility index (Phi) is 8.58. The van der Waals surface area contributed by atoms with Crippen molar-refractivity contribution in [1.82, 2.24) is 0 Å². The van der Waals surface area contributed by atoms with Gasteiger partial charge in [0.05, 0.1) is 0 Å². The second-order valence-corrected chi connectivity index (χ2v) is 18.1. The van der Waals surface area contributed by atoms with Crippen LogP contribution in [-0.2, 0) is 36.5 Å². The van der Waals surface area contributed by atoms with Crippen LogP contribution in [0.3, 0.4) is 0 Å². The van der Waals surface area contributed by atoms with Crippen LogP contribution < -0.4 is 0 Å². The van der Waals surface area contributed by atoms with E-state index in [1.54, 1.807) is 6.07 Å². The van der Waals surface area contributed by atoms with Gasteiger partial charge in [-0.3, -0.25) is 0 Å². The molecule has 0 saturated carbocycles. The maximum absolute atomic E-state index is 12.0. The molecule has 0 atom stereocenters. The lowest BCUT2D eigenvalue weighted by Crippen LogP contribution is -2.10. The predicted molar refractivity (Wildman–Crippen MR) is 233 cm³/mol. The number of fused-ring (bicyclic) bond motifs is 6. The molecule has 0 fully saturated rings. The largest absolute Gasteiger partial charge is 0.507 e. The molecule has 0 heterocycles. The number of aromatic hydroxyl groups is 2. The summed E-state index contributed by atoms with van der Waals surface area (Å²) in [7, 11) is 0. The van der Waals surface area contributed by atoms with Crippen molar-refractivity contribution in [2.24, 2.45) is 0 Å². The topological polar surface area (TPSA) is 40.5 Å². The van der Waals surface area contributed by atoms with E-state index in [1.807, 2.05) is 0 Å². The average molecular weight is 731 g/mol. The number of benzene rings is 7. The minimum absolute atomic E-state index is 0.0744. The quantitative estimate of drug-likeness (QED) is 0.179. The van der Waals surface area contributed by atoms with E-state index in [2.05, 4.69) is 169 Å². The van der Waals surface area contributed by atoms with Crippen LogP contribution in [0.15, 0.2) is 133 Å². The van der Waals surface area contributed by atoms with Gasteiger partial charge in [-0.2, -0.15) is 0 Å². The maximum Gasteiger partial charge on any atom is 0.127 e. The summed E-state index contributed by atoms with van der Waals surface area (Å²) in [4.78, 5) is 0. The molecular formula is C54H50O2. The molecule has 0 saturated heterocycles. The highest BCUT2D eigenvalue weighted by molar-refractivity contribution is 5.94. The van der Waals surface area contributed by atoms with E-state index in [9.17, 15) is 10.2 Å². The van der Waals surface area contributed by atoms with Gasteiger partial charge in [0.1, 0.15) is 11.5 Å². The van der Waals surface area contributed by atoms with Crippen LogP contribution in [0.1, 0.15) is 97.2 Å². The smallest absolute Gasteiger partial charge is 0.127 e. The fraction of sp³-hybridized carbons (Fsp3) is 0.222. The number of phenolic OH excluding ortho intramolecular Hbond substituents is 2. The highest BCUT2D eigenvalue weighted by atomic mass is 16.3. The highest BCUT2D eigenvalue weighted by Gasteiger charge is 2.29. The normalized spacial score (nSPS) is 13.0. The second-order valence-electron chi connectivity index (χ2n) is 18.1. The Balaban J connectivity index is 1.23. The number of phenols is 2. The summed E-state index contributed by atoms with van der Waals surface area (Å²) in [5.41, 5.74) is 21.2. The van der Waals surface area contributed by atoms with E-state index in [1.165, 1.54) is 66.8 Å². The zero-order valence-electron chi connectivity index (χ0n) is 33.4. The molecule has 0 bridgehead atoms. The lowest BCUT2D eigenvalue weighted by molar-refractivity contribution is 0.453. The fourth-order valence-electron chi connectivity index (χ4n) is 9.15. The minimum Gasteiger partial charge on any atom is -0.507 e. The van der Waals surface area contributed by atoms with Crippen LogP contribution >= 0.6 is 0 Å². The summed E-state index contributed by atoms with van der Waals surface area (Å²) in [6.45, 7) is 13.5. The van der Waals surface area contributed by atoms with Gasteiger partial charge in [-0.05, 0) is 132 Å². The van der Waals surface area contributed by atoms with Crippen molar-refractivity contribution in [1.29, 1.82) is 0 Å². The molecule has 0 spiro atoms. The molecule has 7 aromatic rings. The maximum atomic E-state index is 12.0. The number of rotatable bonds is 6. The van der Waals surface area contributed by atoms with E-state index >= 15 is 0 Å². The first kappa shape index (κ1) is 35.8. The summed E-state index contributed by atoms with van der Waals surface area (Å²) in [5, 5.41) is 23.9. The van der Waals surface area contributed by atoms with Gasteiger partial charge in [0, 0.05) is 17.2 Å². The Hall–Kier alpha value is -5.86. The molecule has 0 radical (unpaired) electrons. The SMILES string of the molecule is CC(C)(C)c1ccc(Cc2ccc3c(c2-c2cc(-c4c(Cc5ccc(C(C)(C)C)cc5)ccc5c4Cc4ccccc4-5)c(O)cc2O)Cc2ccccc2-3)cc1. The third-order valence-electron chi connectivity index (χ3n) is 12.2. The minimum atomic E-state index is 0.0744. The monoisotopic (exact) mass is 730 g/mol. The molecular weight excluding hydrogens is 681 g/mol. The van der Waals surface area contributed by atoms with Crippen molar-refractivity contribution in [3.05, 3.63) is 189 Å². The van der Waals surface area contributed by atoms with Gasteiger partial charge in [-0.25, -0.2) is 0 Å². The lowest BCUT2D eigenvalue weighted by Gasteiger charge is -2.22. The Labute approximate surface area is 332 Å². The van der Waals surface area contributed by atoms with Crippen LogP contribution in [0.4, 0.5) is 0 Å². The van der Waals surface area contributed by atoms with Gasteiger partial charge in [-0.15, -0.1) is 0 Å². The summed E-state index contributed by atoms with van der Waals surface area (Å²) >= 11 is 0. The Morgan fingerprint density at radius 3 is 1.20 bits per heavy atom. The Morgan fingerprint density at radius 2 is 0.804 bits per heavy atom. The third kappa shape index (κ3) is 6.32. The molecule has 2 N–H and O–H groups in total. The third-order valence-corrected chi connectivity index (χ3v) is 12.2. The van der Waals surface area contributed by atoms with Crippen molar-refractivity contribution in [3.8, 4) is 56.0 Å². The van der Waals surface area contributed by atoms with Crippen molar-refractivity contribution < 1.29 is 10.2 Å². The molecule has 9 rings (SSSR count). The van der Waals surface area contributed by atoms with Gasteiger partial charge in [0.25, 0.3) is 0 Å². The summed E-state index contributed by atoms with van der Waals surface area (Å²) in [5.74, 6) is 0.185. The molecule has 2 aliphatic carbocycles. The number of hydrogen-bond donors (Lipinski definition) is 2. The Morgan fingerprint density at radius 1 is 0.411 bits per heavy atom. The second kappa shape index (κ2) is 13.4. The molecule has 7 aromatic carbocycles. The standard InChI is InChI=1S/C54H50O2/c1-53(2,3)39-21-15-33(16-22-39)27-37-19-25-43-41-13-9-7-11-35(41)29-45(43)51(37)47-31-48(50(56)32-49(47)55)52-38(28-34-17-23-40(24-18-34)54(4,5)6)20-26-44-42-14-10-8-12-36(42)30-46(44)52/h7-26,31-32,55-56H,27-30H2,1-6H3. The summed E-state index contributed by atoms with van der Waals surface area (Å²) in [6.07, 6.45) is 3.04. The summed E-state index contributed by atoms with van der Waals surface area (Å²) < 4.78 is 0. The Bertz CT molecular complexity index is 2460. The van der Waals surface area contributed by atoms with Gasteiger partial charge < -0.3 is 10.2 Å². The molecule has 0 aromatic heterocycles. The van der Waals surface area contributed by atoms with Crippen molar-refractivity contribution in [3.63, 3.8) is 0 Å². The van der Waals surface area contributed by atoms with Gasteiger partial charge in [-0.1, -0.05) is 163 Å². The van der Waals surface area contributed by atoms with Crippen LogP contribution in [0.5, 0.6) is 11.5 Å². The van der Waals surface area contributed by atoms with Crippen LogP contribution in [-0.4, -0.2) is 10.2 Å². The summed E-state index contributed by atoms with van der Waals surface area (Å²) in [6, 6.07) is 48.0. The zero-order valence-corrected chi connectivity index (χ0v) is 33.4. The van der Waals surface area contributed by atoms with Gasteiger partial charge in [0.2, 0.25) is 0 Å². The predicted octanol–water partition coefficient (Wildman–Crippen LogP) is 13.4. The van der Waals surface area contributed by atoms with E-state index < -0.39 is 0 Å². The zero-order chi connectivity index (χ0) is 38.9. The van der Waals surface area contributed by atoms with E-state index in [-0.39, 0.29) is 22.3 Å². The van der Waals surface area contributed by atoms with Gasteiger partial charge >= 0.3 is 0 Å². The highest BCUT2D eigenvalue weighted by Crippen LogP contribution is 2.51. The lowest BCUT2D eigenvalue weighted by atomic mass is 9.83. The average Bonchev–Trinajstić information content (AvgIpc) is 3.74. The van der Waals surface area contributed by atoms with Crippen LogP contribution in [0.25, 0.3) is 44.5 Å². The fourth-order valence-corrected chi connectivity index (χ4v) is 9.15. The van der Waals surface area contributed by atoms with Crippen LogP contribution in [0, 0.1) is 0 Å².